The number of nitrogens with zero attached hydrogens (tertiary/aromatic N) is 5. The van der Waals surface area contributed by atoms with Crippen molar-refractivity contribution in [3.8, 4) is 44.8 Å². The second kappa shape index (κ2) is 12.4. The van der Waals surface area contributed by atoms with E-state index in [2.05, 4.69) is 150 Å². The fourth-order valence-electron chi connectivity index (χ4n) is 7.22. The zero-order valence-corrected chi connectivity index (χ0v) is 28.1. The largest absolute Gasteiger partial charge is 0.284 e. The topological polar surface area (TPSA) is 56.0 Å². The fourth-order valence-corrected chi connectivity index (χ4v) is 7.22. The summed E-state index contributed by atoms with van der Waals surface area (Å²) in [6.07, 6.45) is 8.61. The lowest BCUT2D eigenvalue weighted by molar-refractivity contribution is 0.923. The van der Waals surface area contributed by atoms with Crippen molar-refractivity contribution in [3.05, 3.63) is 194 Å². The molecule has 0 N–H and O–H groups in total. The van der Waals surface area contributed by atoms with E-state index in [9.17, 15) is 0 Å². The molecule has 4 aromatic heterocycles. The van der Waals surface area contributed by atoms with Gasteiger partial charge in [0.25, 0.3) is 0 Å². The van der Waals surface area contributed by atoms with E-state index in [-0.39, 0.29) is 5.92 Å². The highest BCUT2D eigenvalue weighted by molar-refractivity contribution is 6.08. The molecule has 5 aromatic carbocycles. The maximum atomic E-state index is 5.24. The third kappa shape index (κ3) is 5.27. The quantitative estimate of drug-likeness (QED) is 0.177. The van der Waals surface area contributed by atoms with Crippen LogP contribution in [0.5, 0.6) is 0 Å². The van der Waals surface area contributed by atoms with Crippen molar-refractivity contribution in [2.24, 2.45) is 0 Å². The number of benzene rings is 5. The number of rotatable bonds is 6. The van der Waals surface area contributed by atoms with Crippen molar-refractivity contribution in [2.75, 3.05) is 0 Å². The Morgan fingerprint density at radius 1 is 0.462 bits per heavy atom. The molecule has 1 aliphatic carbocycles. The van der Waals surface area contributed by atoms with Crippen molar-refractivity contribution in [1.29, 1.82) is 0 Å². The molecule has 0 saturated carbocycles. The number of imidazole rings is 1. The van der Waals surface area contributed by atoms with Crippen LogP contribution in [0.1, 0.15) is 17.4 Å². The molecule has 1 atom stereocenters. The van der Waals surface area contributed by atoms with E-state index in [1.807, 2.05) is 36.5 Å². The monoisotopic (exact) mass is 665 g/mol. The smallest absolute Gasteiger partial charge is 0.165 e. The molecule has 244 valence electrons. The summed E-state index contributed by atoms with van der Waals surface area (Å²) in [7, 11) is 0. The number of pyridine rings is 2. The second-order valence-corrected chi connectivity index (χ2v) is 13.1. The lowest BCUT2D eigenvalue weighted by atomic mass is 10.00. The van der Waals surface area contributed by atoms with Crippen LogP contribution in [0, 0.1) is 0 Å². The van der Waals surface area contributed by atoms with Crippen LogP contribution in [0.2, 0.25) is 0 Å². The molecule has 1 unspecified atom stereocenters. The van der Waals surface area contributed by atoms with E-state index in [0.29, 0.717) is 0 Å². The zero-order valence-electron chi connectivity index (χ0n) is 28.1. The molecule has 1 aliphatic rings. The summed E-state index contributed by atoms with van der Waals surface area (Å²) in [5.41, 5.74) is 13.2. The normalized spacial score (nSPS) is 14.0. The Labute approximate surface area is 301 Å². The molecule has 0 bridgehead atoms. The van der Waals surface area contributed by atoms with E-state index in [4.69, 9.17) is 19.9 Å². The van der Waals surface area contributed by atoms with Gasteiger partial charge in [-0.25, -0.2) is 19.9 Å². The summed E-state index contributed by atoms with van der Waals surface area (Å²) in [5, 5.41) is 2.16. The maximum absolute atomic E-state index is 5.24. The molecule has 0 amide bonds. The summed E-state index contributed by atoms with van der Waals surface area (Å²) in [6, 6.07) is 54.8. The van der Waals surface area contributed by atoms with Gasteiger partial charge in [0.15, 0.2) is 5.65 Å². The molecule has 5 nitrogen and oxygen atoms in total. The van der Waals surface area contributed by atoms with Crippen molar-refractivity contribution < 1.29 is 0 Å². The Morgan fingerprint density at radius 2 is 1.00 bits per heavy atom. The maximum Gasteiger partial charge on any atom is 0.165 e. The standard InChI is InChI=1S/C47H31N5/c1-3-11-31(12-4-1)33-18-22-35(23-19-33)41-30-42(36-24-20-34(21-25-36)32-13-5-2-6-14-32)49-46(48-41)38-27-26-37(29-38)44-39-15-7-8-16-40(39)45-47(51-44)52-28-10-9-17-43(52)50-45/h1-30,38H. The van der Waals surface area contributed by atoms with Crippen molar-refractivity contribution in [3.63, 3.8) is 0 Å². The molecule has 0 radical (unpaired) electrons. The van der Waals surface area contributed by atoms with E-state index in [0.717, 1.165) is 67.2 Å². The van der Waals surface area contributed by atoms with Crippen LogP contribution in [0.4, 0.5) is 0 Å². The first-order chi connectivity index (χ1) is 25.7. The minimum Gasteiger partial charge on any atom is -0.284 e. The van der Waals surface area contributed by atoms with Crippen LogP contribution in [-0.4, -0.2) is 24.3 Å². The number of fused-ring (bicyclic) bond motifs is 5. The Kier molecular flexibility index (Phi) is 7.14. The summed E-state index contributed by atoms with van der Waals surface area (Å²) in [5.74, 6) is 0.623. The van der Waals surface area contributed by atoms with Crippen LogP contribution in [0.3, 0.4) is 0 Å². The number of hydrogen-bond donors (Lipinski definition) is 0. The van der Waals surface area contributed by atoms with E-state index < -0.39 is 0 Å². The number of hydrogen-bond acceptors (Lipinski definition) is 4. The van der Waals surface area contributed by atoms with E-state index in [1.165, 1.54) is 22.3 Å². The predicted octanol–water partition coefficient (Wildman–Crippen LogP) is 11.2. The van der Waals surface area contributed by atoms with Gasteiger partial charge in [0.2, 0.25) is 0 Å². The second-order valence-electron chi connectivity index (χ2n) is 13.1. The molecule has 4 heterocycles. The summed E-state index contributed by atoms with van der Waals surface area (Å²) in [6.45, 7) is 0. The highest BCUT2D eigenvalue weighted by Gasteiger charge is 2.22. The average Bonchev–Trinajstić information content (AvgIpc) is 3.87. The van der Waals surface area contributed by atoms with Gasteiger partial charge < -0.3 is 0 Å². The average molecular weight is 666 g/mol. The van der Waals surface area contributed by atoms with Gasteiger partial charge in [-0.1, -0.05) is 158 Å². The fraction of sp³-hybridized carbons (Fsp3) is 0.0213. The van der Waals surface area contributed by atoms with Gasteiger partial charge in [-0.3, -0.25) is 4.40 Å². The van der Waals surface area contributed by atoms with Gasteiger partial charge in [0.05, 0.1) is 23.0 Å². The lowest BCUT2D eigenvalue weighted by Crippen LogP contribution is -2.02. The van der Waals surface area contributed by atoms with Crippen LogP contribution in [0.15, 0.2) is 182 Å². The molecule has 5 heteroatoms. The van der Waals surface area contributed by atoms with Gasteiger partial charge in [-0.05, 0) is 46.0 Å². The van der Waals surface area contributed by atoms with Crippen molar-refractivity contribution in [1.82, 2.24) is 24.3 Å². The van der Waals surface area contributed by atoms with Crippen LogP contribution in [0.25, 0.3) is 77.9 Å². The Bertz CT molecular complexity index is 2720. The predicted molar refractivity (Wildman–Crippen MR) is 212 cm³/mol. The Hall–Kier alpha value is -6.98. The first kappa shape index (κ1) is 29.9. The van der Waals surface area contributed by atoms with Crippen LogP contribution >= 0.6 is 0 Å². The number of aromatic nitrogens is 5. The molecule has 0 saturated heterocycles. The first-order valence-corrected chi connectivity index (χ1v) is 17.5. The van der Waals surface area contributed by atoms with E-state index in [1.54, 1.807) is 0 Å². The lowest BCUT2D eigenvalue weighted by Gasteiger charge is -2.12. The first-order valence-electron chi connectivity index (χ1n) is 17.5. The number of allylic oxidation sites excluding steroid dienone is 4. The van der Waals surface area contributed by atoms with Gasteiger partial charge in [-0.15, -0.1) is 0 Å². The highest BCUT2D eigenvalue weighted by atomic mass is 15.1. The minimum atomic E-state index is -0.126. The minimum absolute atomic E-state index is 0.126. The van der Waals surface area contributed by atoms with Crippen molar-refractivity contribution >= 4 is 33.2 Å². The zero-order chi connectivity index (χ0) is 34.4. The Balaban J connectivity index is 1.08. The SMILES string of the molecule is C1=CC(c2nc(-c3ccc(-c4ccccc4)cc3)cc(-c3ccc(-c4ccccc4)cc3)n2)C=C1c1nc2c(nc3ccccn32)c2ccccc12. The molecule has 0 spiro atoms. The van der Waals surface area contributed by atoms with Gasteiger partial charge >= 0.3 is 0 Å². The molecule has 0 fully saturated rings. The molecular weight excluding hydrogens is 635 g/mol. The summed E-state index contributed by atoms with van der Waals surface area (Å²) >= 11 is 0. The molecule has 9 aromatic rings. The van der Waals surface area contributed by atoms with E-state index >= 15 is 0 Å². The van der Waals surface area contributed by atoms with Crippen LogP contribution < -0.4 is 0 Å². The molecule has 10 rings (SSSR count). The van der Waals surface area contributed by atoms with Gasteiger partial charge in [0.1, 0.15) is 17.0 Å². The molecular formula is C47H31N5. The van der Waals surface area contributed by atoms with Crippen molar-refractivity contribution in [2.45, 2.75) is 5.92 Å². The van der Waals surface area contributed by atoms with Crippen LogP contribution in [-0.2, 0) is 0 Å². The Morgan fingerprint density at radius 3 is 1.63 bits per heavy atom. The third-order valence-corrected chi connectivity index (χ3v) is 9.89. The molecule has 52 heavy (non-hydrogen) atoms. The third-order valence-electron chi connectivity index (χ3n) is 9.89. The van der Waals surface area contributed by atoms with Gasteiger partial charge in [-0.2, -0.15) is 0 Å². The summed E-state index contributed by atoms with van der Waals surface area (Å²) < 4.78 is 2.06. The van der Waals surface area contributed by atoms with Gasteiger partial charge in [0, 0.05) is 28.1 Å². The highest BCUT2D eigenvalue weighted by Crippen LogP contribution is 2.37. The summed E-state index contributed by atoms with van der Waals surface area (Å²) in [4.78, 5) is 20.6. The molecule has 0 aliphatic heterocycles.